The van der Waals surface area contributed by atoms with Gasteiger partial charge in [0.1, 0.15) is 6.07 Å². The quantitative estimate of drug-likeness (QED) is 0.855. The maximum absolute atomic E-state index is 8.97. The van der Waals surface area contributed by atoms with E-state index in [1.165, 1.54) is 17.5 Å². The van der Waals surface area contributed by atoms with Gasteiger partial charge in [-0.1, -0.05) is 11.6 Å². The molecule has 0 aliphatic heterocycles. The highest BCUT2D eigenvalue weighted by atomic mass is 35.5. The minimum atomic E-state index is 0.519. The molecule has 2 aromatic rings. The van der Waals surface area contributed by atoms with Crippen molar-refractivity contribution < 1.29 is 0 Å². The van der Waals surface area contributed by atoms with Crippen molar-refractivity contribution in [3.8, 4) is 6.07 Å². The highest BCUT2D eigenvalue weighted by Crippen LogP contribution is 2.24. The fourth-order valence-corrected chi connectivity index (χ4v) is 2.58. The lowest BCUT2D eigenvalue weighted by Crippen LogP contribution is -2.18. The van der Waals surface area contributed by atoms with Crippen molar-refractivity contribution in [1.82, 2.24) is 10.2 Å². The summed E-state index contributed by atoms with van der Waals surface area (Å²) in [6.07, 6.45) is 1.51. The SMILES string of the molecule is CN(Cc1ccc(Cl)s1)c1nnccc1C#N. The van der Waals surface area contributed by atoms with E-state index >= 15 is 0 Å². The predicted molar refractivity (Wildman–Crippen MR) is 68.2 cm³/mol. The average molecular weight is 265 g/mol. The monoisotopic (exact) mass is 264 g/mol. The molecule has 2 heterocycles. The second-order valence-electron chi connectivity index (χ2n) is 3.44. The number of nitrogens with zero attached hydrogens (tertiary/aromatic N) is 4. The van der Waals surface area contributed by atoms with Crippen LogP contribution in [0.15, 0.2) is 24.4 Å². The fourth-order valence-electron chi connectivity index (χ4n) is 1.44. The second-order valence-corrected chi connectivity index (χ2v) is 5.24. The predicted octanol–water partition coefficient (Wildman–Crippen LogP) is 2.70. The van der Waals surface area contributed by atoms with E-state index in [2.05, 4.69) is 16.3 Å². The standard InChI is InChI=1S/C11H9ClN4S/c1-16(7-9-2-3-10(12)17-9)11-8(6-13)4-5-14-15-11/h2-5H,7H2,1H3. The lowest BCUT2D eigenvalue weighted by atomic mass is 10.3. The Morgan fingerprint density at radius 2 is 2.29 bits per heavy atom. The van der Waals surface area contributed by atoms with Gasteiger partial charge in [-0.05, 0) is 18.2 Å². The Morgan fingerprint density at radius 1 is 1.47 bits per heavy atom. The Hall–Kier alpha value is -1.64. The van der Waals surface area contributed by atoms with Crippen LogP contribution in [0.25, 0.3) is 0 Å². The zero-order chi connectivity index (χ0) is 12.3. The molecular formula is C11H9ClN4S. The van der Waals surface area contributed by atoms with Gasteiger partial charge in [0.15, 0.2) is 5.82 Å². The van der Waals surface area contributed by atoms with Crippen molar-refractivity contribution in [2.75, 3.05) is 11.9 Å². The number of nitriles is 1. The summed E-state index contributed by atoms with van der Waals surface area (Å²) >= 11 is 7.38. The number of halogens is 1. The van der Waals surface area contributed by atoms with E-state index in [-0.39, 0.29) is 0 Å². The van der Waals surface area contributed by atoms with Crippen LogP contribution in [0.3, 0.4) is 0 Å². The molecule has 0 aromatic carbocycles. The van der Waals surface area contributed by atoms with E-state index < -0.39 is 0 Å². The molecule has 0 saturated heterocycles. The van der Waals surface area contributed by atoms with Crippen LogP contribution < -0.4 is 4.90 Å². The van der Waals surface area contributed by atoms with Gasteiger partial charge in [0, 0.05) is 11.9 Å². The van der Waals surface area contributed by atoms with Gasteiger partial charge in [0.05, 0.1) is 22.6 Å². The first-order valence-corrected chi connectivity index (χ1v) is 6.07. The molecule has 0 radical (unpaired) electrons. The molecule has 2 aromatic heterocycles. The zero-order valence-corrected chi connectivity index (χ0v) is 10.7. The minimum absolute atomic E-state index is 0.519. The highest BCUT2D eigenvalue weighted by molar-refractivity contribution is 7.16. The highest BCUT2D eigenvalue weighted by Gasteiger charge is 2.10. The summed E-state index contributed by atoms with van der Waals surface area (Å²) < 4.78 is 0.757. The molecule has 17 heavy (non-hydrogen) atoms. The van der Waals surface area contributed by atoms with Gasteiger partial charge in [0.25, 0.3) is 0 Å². The topological polar surface area (TPSA) is 52.8 Å². The van der Waals surface area contributed by atoms with Crippen molar-refractivity contribution in [3.05, 3.63) is 39.2 Å². The normalized spacial score (nSPS) is 9.94. The molecule has 0 N–H and O–H groups in total. The van der Waals surface area contributed by atoms with E-state index in [1.807, 2.05) is 24.1 Å². The fraction of sp³-hybridized carbons (Fsp3) is 0.182. The molecule has 0 aliphatic carbocycles. The molecule has 0 fully saturated rings. The van der Waals surface area contributed by atoms with Crippen LogP contribution in [0.2, 0.25) is 4.34 Å². The minimum Gasteiger partial charge on any atom is -0.352 e. The van der Waals surface area contributed by atoms with Crippen molar-refractivity contribution in [3.63, 3.8) is 0 Å². The average Bonchev–Trinajstić information content (AvgIpc) is 2.74. The smallest absolute Gasteiger partial charge is 0.169 e. The van der Waals surface area contributed by atoms with E-state index in [9.17, 15) is 0 Å². The number of rotatable bonds is 3. The van der Waals surface area contributed by atoms with E-state index in [0.717, 1.165) is 9.21 Å². The lowest BCUT2D eigenvalue weighted by Gasteiger charge is -2.17. The lowest BCUT2D eigenvalue weighted by molar-refractivity contribution is 0.873. The third-order valence-electron chi connectivity index (χ3n) is 2.21. The van der Waals surface area contributed by atoms with Gasteiger partial charge in [0.2, 0.25) is 0 Å². The number of aromatic nitrogens is 2. The van der Waals surface area contributed by atoms with Gasteiger partial charge < -0.3 is 4.90 Å². The molecule has 0 saturated carbocycles. The summed E-state index contributed by atoms with van der Waals surface area (Å²) in [7, 11) is 1.87. The Morgan fingerprint density at radius 3 is 2.94 bits per heavy atom. The van der Waals surface area contributed by atoms with Gasteiger partial charge in [-0.3, -0.25) is 0 Å². The van der Waals surface area contributed by atoms with Crippen LogP contribution in [0.1, 0.15) is 10.4 Å². The van der Waals surface area contributed by atoms with Crippen LogP contribution in [-0.4, -0.2) is 17.2 Å². The van der Waals surface area contributed by atoms with Gasteiger partial charge >= 0.3 is 0 Å². The van der Waals surface area contributed by atoms with Gasteiger partial charge in [-0.15, -0.1) is 16.4 Å². The van der Waals surface area contributed by atoms with Crippen molar-refractivity contribution >= 4 is 28.8 Å². The molecule has 0 aliphatic rings. The third-order valence-corrected chi connectivity index (χ3v) is 3.42. The van der Waals surface area contributed by atoms with Crippen LogP contribution in [0.4, 0.5) is 5.82 Å². The molecule has 0 atom stereocenters. The Bertz CT molecular complexity index is 561. The number of hydrogen-bond acceptors (Lipinski definition) is 5. The Balaban J connectivity index is 2.20. The maximum atomic E-state index is 8.97. The number of anilines is 1. The van der Waals surface area contributed by atoms with Gasteiger partial charge in [-0.25, -0.2) is 0 Å². The summed E-state index contributed by atoms with van der Waals surface area (Å²) in [5.41, 5.74) is 0.519. The van der Waals surface area contributed by atoms with Crippen LogP contribution in [-0.2, 0) is 6.54 Å². The van der Waals surface area contributed by atoms with Crippen molar-refractivity contribution in [1.29, 1.82) is 5.26 Å². The molecule has 86 valence electrons. The molecule has 4 nitrogen and oxygen atoms in total. The largest absolute Gasteiger partial charge is 0.352 e. The van der Waals surface area contributed by atoms with Crippen molar-refractivity contribution in [2.45, 2.75) is 6.54 Å². The molecule has 0 amide bonds. The molecule has 2 rings (SSSR count). The zero-order valence-electron chi connectivity index (χ0n) is 9.09. The van der Waals surface area contributed by atoms with E-state index in [0.29, 0.717) is 17.9 Å². The first kappa shape index (κ1) is 11.8. The summed E-state index contributed by atoms with van der Waals surface area (Å²) in [5.74, 6) is 0.583. The number of hydrogen-bond donors (Lipinski definition) is 0. The molecule has 6 heteroatoms. The summed E-state index contributed by atoms with van der Waals surface area (Å²) in [6, 6.07) is 7.58. The van der Waals surface area contributed by atoms with E-state index in [4.69, 9.17) is 16.9 Å². The summed E-state index contributed by atoms with van der Waals surface area (Å²) in [4.78, 5) is 3.00. The molecule has 0 spiro atoms. The first-order chi connectivity index (χ1) is 8.20. The van der Waals surface area contributed by atoms with E-state index in [1.54, 1.807) is 6.07 Å². The summed E-state index contributed by atoms with van der Waals surface area (Å²) in [6.45, 7) is 0.658. The Kier molecular flexibility index (Phi) is 3.57. The third kappa shape index (κ3) is 2.73. The van der Waals surface area contributed by atoms with Crippen LogP contribution >= 0.6 is 22.9 Å². The van der Waals surface area contributed by atoms with Crippen molar-refractivity contribution in [2.24, 2.45) is 0 Å². The summed E-state index contributed by atoms with van der Waals surface area (Å²) in [5, 5.41) is 16.7. The van der Waals surface area contributed by atoms with Crippen LogP contribution in [0.5, 0.6) is 0 Å². The molecule has 0 bridgehead atoms. The van der Waals surface area contributed by atoms with Crippen LogP contribution in [0, 0.1) is 11.3 Å². The molecular weight excluding hydrogens is 256 g/mol. The maximum Gasteiger partial charge on any atom is 0.169 e. The molecule has 0 unspecified atom stereocenters. The number of thiophene rings is 1. The second kappa shape index (κ2) is 5.13. The first-order valence-electron chi connectivity index (χ1n) is 4.88. The Labute approximate surface area is 108 Å². The van der Waals surface area contributed by atoms with Gasteiger partial charge in [-0.2, -0.15) is 10.4 Å².